The first-order chi connectivity index (χ1) is 12.0. The maximum Gasteiger partial charge on any atom is 0.254 e. The van der Waals surface area contributed by atoms with E-state index in [-0.39, 0.29) is 11.3 Å². The molecule has 0 fully saturated rings. The smallest absolute Gasteiger partial charge is 0.254 e. The van der Waals surface area contributed by atoms with E-state index in [1.165, 1.54) is 5.56 Å². The van der Waals surface area contributed by atoms with Gasteiger partial charge in [-0.2, -0.15) is 5.10 Å². The van der Waals surface area contributed by atoms with Gasteiger partial charge in [-0.15, -0.1) is 0 Å². The molecule has 1 aromatic heterocycles. The lowest BCUT2D eigenvalue weighted by Gasteiger charge is -2.25. The zero-order valence-corrected chi connectivity index (χ0v) is 14.6. The van der Waals surface area contributed by atoms with E-state index < -0.39 is 0 Å². The molecule has 3 aromatic rings. The molecule has 25 heavy (non-hydrogen) atoms. The van der Waals surface area contributed by atoms with Crippen LogP contribution in [0.1, 0.15) is 35.3 Å². The summed E-state index contributed by atoms with van der Waals surface area (Å²) >= 11 is 0. The molecule has 1 N–H and O–H groups in total. The van der Waals surface area contributed by atoms with Crippen LogP contribution in [0, 0.1) is 0 Å². The topological polar surface area (TPSA) is 46.9 Å². The lowest BCUT2D eigenvalue weighted by Crippen LogP contribution is -2.36. The molecule has 0 atom stereocenters. The molecule has 128 valence electrons. The highest BCUT2D eigenvalue weighted by Gasteiger charge is 2.21. The van der Waals surface area contributed by atoms with Crippen molar-refractivity contribution < 1.29 is 4.79 Å². The standard InChI is InChI=1S/C21H23N3O/c1-21(2,19-11-7-4-8-12-19)16-22-20(25)18-13-23-24(15-18)14-17-9-5-3-6-10-17/h3-13,15H,14,16H2,1-2H3,(H,22,25). The fourth-order valence-electron chi connectivity index (χ4n) is 2.73. The number of carbonyl (C=O) groups excluding carboxylic acids is 1. The van der Waals surface area contributed by atoms with Crippen molar-refractivity contribution in [3.8, 4) is 0 Å². The summed E-state index contributed by atoms with van der Waals surface area (Å²) < 4.78 is 1.78. The van der Waals surface area contributed by atoms with Crippen LogP contribution < -0.4 is 5.32 Å². The molecule has 3 rings (SSSR count). The van der Waals surface area contributed by atoms with Gasteiger partial charge in [0.15, 0.2) is 0 Å². The van der Waals surface area contributed by atoms with Crippen LogP contribution in [0.5, 0.6) is 0 Å². The van der Waals surface area contributed by atoms with Crippen molar-refractivity contribution in [2.24, 2.45) is 0 Å². The van der Waals surface area contributed by atoms with E-state index in [0.29, 0.717) is 18.7 Å². The predicted molar refractivity (Wildman–Crippen MR) is 99.6 cm³/mol. The van der Waals surface area contributed by atoms with E-state index in [4.69, 9.17) is 0 Å². The number of nitrogens with zero attached hydrogens (tertiary/aromatic N) is 2. The minimum Gasteiger partial charge on any atom is -0.351 e. The second-order valence-electron chi connectivity index (χ2n) is 6.84. The molecule has 1 heterocycles. The van der Waals surface area contributed by atoms with E-state index in [1.807, 2.05) is 48.5 Å². The van der Waals surface area contributed by atoms with Gasteiger partial charge in [-0.05, 0) is 11.1 Å². The average molecular weight is 333 g/mol. The molecule has 4 heteroatoms. The van der Waals surface area contributed by atoms with Gasteiger partial charge in [0.25, 0.3) is 5.91 Å². The third-order valence-electron chi connectivity index (χ3n) is 4.33. The number of hydrogen-bond acceptors (Lipinski definition) is 2. The number of benzene rings is 2. The molecule has 4 nitrogen and oxygen atoms in total. The Morgan fingerprint density at radius 3 is 2.36 bits per heavy atom. The van der Waals surface area contributed by atoms with Crippen LogP contribution in [0.3, 0.4) is 0 Å². The number of nitrogens with one attached hydrogen (secondary N) is 1. The summed E-state index contributed by atoms with van der Waals surface area (Å²) in [6.45, 7) is 5.48. The van der Waals surface area contributed by atoms with Gasteiger partial charge in [0.2, 0.25) is 0 Å². The Hall–Kier alpha value is -2.88. The number of rotatable bonds is 6. The van der Waals surface area contributed by atoms with E-state index >= 15 is 0 Å². The number of hydrogen-bond donors (Lipinski definition) is 1. The fraction of sp³-hybridized carbons (Fsp3) is 0.238. The van der Waals surface area contributed by atoms with Gasteiger partial charge in [0.1, 0.15) is 0 Å². The Bertz CT molecular complexity index is 823. The summed E-state index contributed by atoms with van der Waals surface area (Å²) in [4.78, 5) is 12.4. The lowest BCUT2D eigenvalue weighted by atomic mass is 9.84. The molecule has 1 amide bonds. The molecule has 0 spiro atoms. The first kappa shape index (κ1) is 17.0. The summed E-state index contributed by atoms with van der Waals surface area (Å²) in [7, 11) is 0. The van der Waals surface area contributed by atoms with Crippen molar-refractivity contribution in [2.45, 2.75) is 25.8 Å². The van der Waals surface area contributed by atoms with E-state index in [1.54, 1.807) is 17.1 Å². The number of carbonyl (C=O) groups is 1. The van der Waals surface area contributed by atoms with E-state index in [0.717, 1.165) is 5.56 Å². The van der Waals surface area contributed by atoms with Crippen molar-refractivity contribution in [3.63, 3.8) is 0 Å². The second-order valence-corrected chi connectivity index (χ2v) is 6.84. The molecule has 2 aromatic carbocycles. The van der Waals surface area contributed by atoms with Crippen molar-refractivity contribution >= 4 is 5.91 Å². The van der Waals surface area contributed by atoms with Crippen LogP contribution in [0.4, 0.5) is 0 Å². The highest BCUT2D eigenvalue weighted by atomic mass is 16.1. The third kappa shape index (κ3) is 4.35. The summed E-state index contributed by atoms with van der Waals surface area (Å²) in [5, 5.41) is 7.31. The highest BCUT2D eigenvalue weighted by Crippen LogP contribution is 2.21. The highest BCUT2D eigenvalue weighted by molar-refractivity contribution is 5.93. The summed E-state index contributed by atoms with van der Waals surface area (Å²) in [6, 6.07) is 20.3. The number of amides is 1. The van der Waals surface area contributed by atoms with Crippen molar-refractivity contribution in [1.29, 1.82) is 0 Å². The van der Waals surface area contributed by atoms with Gasteiger partial charge in [0, 0.05) is 18.2 Å². The van der Waals surface area contributed by atoms with E-state index in [9.17, 15) is 4.79 Å². The minimum atomic E-state index is -0.128. The van der Waals surface area contributed by atoms with Crippen LogP contribution in [-0.2, 0) is 12.0 Å². The van der Waals surface area contributed by atoms with Crippen LogP contribution in [-0.4, -0.2) is 22.2 Å². The lowest BCUT2D eigenvalue weighted by molar-refractivity contribution is 0.0945. The molecular weight excluding hydrogens is 310 g/mol. The van der Waals surface area contributed by atoms with Gasteiger partial charge in [-0.25, -0.2) is 0 Å². The SMILES string of the molecule is CC(C)(CNC(=O)c1cnn(Cc2ccccc2)c1)c1ccccc1. The molecule has 0 aliphatic rings. The monoisotopic (exact) mass is 333 g/mol. The van der Waals surface area contributed by atoms with Gasteiger partial charge in [0.05, 0.1) is 18.3 Å². The Labute approximate surface area is 148 Å². The van der Waals surface area contributed by atoms with Gasteiger partial charge in [-0.1, -0.05) is 74.5 Å². The van der Waals surface area contributed by atoms with Gasteiger partial charge >= 0.3 is 0 Å². The maximum atomic E-state index is 12.4. The Morgan fingerprint density at radius 2 is 1.68 bits per heavy atom. The largest absolute Gasteiger partial charge is 0.351 e. The Balaban J connectivity index is 1.60. The molecular formula is C21H23N3O. The molecule has 0 saturated carbocycles. The molecule has 0 saturated heterocycles. The third-order valence-corrected chi connectivity index (χ3v) is 4.33. The summed E-state index contributed by atoms with van der Waals surface area (Å²) in [5.74, 6) is -0.0942. The summed E-state index contributed by atoms with van der Waals surface area (Å²) in [5.41, 5.74) is 2.81. The fourth-order valence-corrected chi connectivity index (χ4v) is 2.73. The molecule has 0 aliphatic carbocycles. The summed E-state index contributed by atoms with van der Waals surface area (Å²) in [6.07, 6.45) is 3.41. The Kier molecular flexibility index (Phi) is 4.98. The van der Waals surface area contributed by atoms with E-state index in [2.05, 4.69) is 36.4 Å². The van der Waals surface area contributed by atoms with Crippen molar-refractivity contribution in [3.05, 3.63) is 89.7 Å². The van der Waals surface area contributed by atoms with Crippen LogP contribution in [0.15, 0.2) is 73.1 Å². The second kappa shape index (κ2) is 7.34. The van der Waals surface area contributed by atoms with Crippen LogP contribution in [0.2, 0.25) is 0 Å². The Morgan fingerprint density at radius 1 is 1.04 bits per heavy atom. The zero-order valence-electron chi connectivity index (χ0n) is 14.6. The van der Waals surface area contributed by atoms with Crippen LogP contribution in [0.25, 0.3) is 0 Å². The minimum absolute atomic E-state index is 0.0942. The van der Waals surface area contributed by atoms with Crippen molar-refractivity contribution in [2.75, 3.05) is 6.54 Å². The van der Waals surface area contributed by atoms with Crippen molar-refractivity contribution in [1.82, 2.24) is 15.1 Å². The predicted octanol–water partition coefficient (Wildman–Crippen LogP) is 3.64. The number of aromatic nitrogens is 2. The molecule has 0 radical (unpaired) electrons. The quantitative estimate of drug-likeness (QED) is 0.748. The van der Waals surface area contributed by atoms with Crippen LogP contribution >= 0.6 is 0 Å². The first-order valence-corrected chi connectivity index (χ1v) is 8.45. The average Bonchev–Trinajstić information content (AvgIpc) is 3.10. The normalized spacial score (nSPS) is 11.3. The van der Waals surface area contributed by atoms with Gasteiger partial charge in [-0.3, -0.25) is 9.48 Å². The molecule has 0 aliphatic heterocycles. The maximum absolute atomic E-state index is 12.4. The zero-order chi connectivity index (χ0) is 17.7. The van der Waals surface area contributed by atoms with Gasteiger partial charge < -0.3 is 5.32 Å². The first-order valence-electron chi connectivity index (χ1n) is 8.45. The molecule has 0 unspecified atom stereocenters. The molecule has 0 bridgehead atoms.